The number of hydrogen-bond donors (Lipinski definition) is 1. The SMILES string of the molecule is CC(NCCc1nncn1C)C(F)F. The quantitative estimate of drug-likeness (QED) is 0.763. The van der Waals surface area contributed by atoms with Gasteiger partial charge in [0.1, 0.15) is 12.2 Å². The largest absolute Gasteiger partial charge is 0.321 e. The molecule has 6 heteroatoms. The zero-order valence-electron chi connectivity index (χ0n) is 8.24. The maximum atomic E-state index is 12.1. The van der Waals surface area contributed by atoms with Gasteiger partial charge in [-0.1, -0.05) is 0 Å². The number of aryl methyl sites for hydroxylation is 1. The Morgan fingerprint density at radius 2 is 2.29 bits per heavy atom. The van der Waals surface area contributed by atoms with Gasteiger partial charge in [-0.15, -0.1) is 10.2 Å². The van der Waals surface area contributed by atoms with Gasteiger partial charge in [0.15, 0.2) is 0 Å². The highest BCUT2D eigenvalue weighted by Crippen LogP contribution is 1.99. The minimum atomic E-state index is -2.32. The van der Waals surface area contributed by atoms with E-state index in [-0.39, 0.29) is 0 Å². The molecule has 0 aliphatic carbocycles. The minimum absolute atomic E-state index is 0.484. The number of aromatic nitrogens is 3. The summed E-state index contributed by atoms with van der Waals surface area (Å²) in [5, 5.41) is 10.3. The Hall–Kier alpha value is -1.04. The molecule has 0 fully saturated rings. The highest BCUT2D eigenvalue weighted by atomic mass is 19.3. The van der Waals surface area contributed by atoms with Crippen LogP contribution in [-0.4, -0.2) is 33.8 Å². The first-order valence-corrected chi connectivity index (χ1v) is 4.45. The molecule has 0 aliphatic rings. The minimum Gasteiger partial charge on any atom is -0.321 e. The van der Waals surface area contributed by atoms with Crippen LogP contribution in [0.25, 0.3) is 0 Å². The van der Waals surface area contributed by atoms with Crippen LogP contribution in [0.3, 0.4) is 0 Å². The third kappa shape index (κ3) is 3.02. The molecule has 1 aromatic heterocycles. The molecule has 0 spiro atoms. The molecule has 1 aromatic rings. The van der Waals surface area contributed by atoms with E-state index in [1.54, 1.807) is 10.9 Å². The van der Waals surface area contributed by atoms with Gasteiger partial charge in [-0.3, -0.25) is 0 Å². The van der Waals surface area contributed by atoms with E-state index >= 15 is 0 Å². The summed E-state index contributed by atoms with van der Waals surface area (Å²) in [5.74, 6) is 0.791. The van der Waals surface area contributed by atoms with Crippen LogP contribution in [0, 0.1) is 0 Å². The summed E-state index contributed by atoms with van der Waals surface area (Å²) in [4.78, 5) is 0. The van der Waals surface area contributed by atoms with Crippen molar-refractivity contribution >= 4 is 0 Å². The van der Waals surface area contributed by atoms with Crippen molar-refractivity contribution in [2.24, 2.45) is 7.05 Å². The Morgan fingerprint density at radius 3 is 2.79 bits per heavy atom. The number of rotatable bonds is 5. The molecule has 0 bridgehead atoms. The highest BCUT2D eigenvalue weighted by molar-refractivity contribution is 4.85. The average molecular weight is 204 g/mol. The summed E-state index contributed by atoms with van der Waals surface area (Å²) in [6, 6.07) is -0.775. The average Bonchev–Trinajstić information content (AvgIpc) is 2.51. The van der Waals surface area contributed by atoms with Crippen molar-refractivity contribution < 1.29 is 8.78 Å². The molecule has 1 atom stereocenters. The van der Waals surface area contributed by atoms with Crippen LogP contribution in [0.2, 0.25) is 0 Å². The first-order valence-electron chi connectivity index (χ1n) is 4.45. The number of halogens is 2. The molecule has 14 heavy (non-hydrogen) atoms. The predicted octanol–water partition coefficient (Wildman–Crippen LogP) is 0.601. The zero-order chi connectivity index (χ0) is 10.6. The summed E-state index contributed by atoms with van der Waals surface area (Å²) in [6.45, 7) is 1.94. The molecular formula is C8H14F2N4. The van der Waals surface area contributed by atoms with Crippen LogP contribution in [0.1, 0.15) is 12.7 Å². The van der Waals surface area contributed by atoms with Gasteiger partial charge in [-0.25, -0.2) is 8.78 Å². The van der Waals surface area contributed by atoms with Gasteiger partial charge in [-0.2, -0.15) is 0 Å². The Kier molecular flexibility index (Phi) is 3.94. The first-order chi connectivity index (χ1) is 6.61. The third-order valence-electron chi connectivity index (χ3n) is 2.00. The van der Waals surface area contributed by atoms with Gasteiger partial charge >= 0.3 is 0 Å². The van der Waals surface area contributed by atoms with Gasteiger partial charge in [0.05, 0.1) is 6.04 Å². The molecule has 0 aliphatic heterocycles. The summed E-state index contributed by atoms with van der Waals surface area (Å²) in [5.41, 5.74) is 0. The fourth-order valence-corrected chi connectivity index (χ4v) is 1.03. The molecule has 1 rings (SSSR count). The van der Waals surface area contributed by atoms with Crippen LogP contribution in [0.4, 0.5) is 8.78 Å². The number of nitrogens with zero attached hydrogens (tertiary/aromatic N) is 3. The number of hydrogen-bond acceptors (Lipinski definition) is 3. The monoisotopic (exact) mass is 204 g/mol. The third-order valence-corrected chi connectivity index (χ3v) is 2.00. The fraction of sp³-hybridized carbons (Fsp3) is 0.750. The lowest BCUT2D eigenvalue weighted by atomic mass is 10.3. The topological polar surface area (TPSA) is 42.7 Å². The Balaban J connectivity index is 2.25. The van der Waals surface area contributed by atoms with E-state index in [1.165, 1.54) is 6.92 Å². The summed E-state index contributed by atoms with van der Waals surface area (Å²) >= 11 is 0. The lowest BCUT2D eigenvalue weighted by Gasteiger charge is -2.11. The molecule has 0 aromatic carbocycles. The first kappa shape index (κ1) is 11.0. The van der Waals surface area contributed by atoms with E-state index in [0.29, 0.717) is 13.0 Å². The molecule has 1 unspecified atom stereocenters. The molecular weight excluding hydrogens is 190 g/mol. The Morgan fingerprint density at radius 1 is 1.57 bits per heavy atom. The maximum absolute atomic E-state index is 12.1. The second-order valence-electron chi connectivity index (χ2n) is 3.19. The normalized spacial score (nSPS) is 13.5. The van der Waals surface area contributed by atoms with Crippen LogP contribution < -0.4 is 5.32 Å². The molecule has 0 amide bonds. The lowest BCUT2D eigenvalue weighted by molar-refractivity contribution is 0.106. The second kappa shape index (κ2) is 4.99. The second-order valence-corrected chi connectivity index (χ2v) is 3.19. The van der Waals surface area contributed by atoms with E-state index in [2.05, 4.69) is 15.5 Å². The van der Waals surface area contributed by atoms with E-state index < -0.39 is 12.5 Å². The van der Waals surface area contributed by atoms with Crippen molar-refractivity contribution in [3.63, 3.8) is 0 Å². The van der Waals surface area contributed by atoms with E-state index in [1.807, 2.05) is 7.05 Å². The van der Waals surface area contributed by atoms with Gasteiger partial charge in [-0.05, 0) is 6.92 Å². The van der Waals surface area contributed by atoms with Crippen LogP contribution >= 0.6 is 0 Å². The number of alkyl halides is 2. The van der Waals surface area contributed by atoms with Crippen molar-refractivity contribution in [3.8, 4) is 0 Å². The molecule has 80 valence electrons. The lowest BCUT2D eigenvalue weighted by Crippen LogP contribution is -2.34. The molecule has 1 heterocycles. The Bertz CT molecular complexity index is 274. The van der Waals surface area contributed by atoms with E-state index in [9.17, 15) is 8.78 Å². The maximum Gasteiger partial charge on any atom is 0.253 e. The summed E-state index contributed by atoms with van der Waals surface area (Å²) in [7, 11) is 1.83. The molecule has 4 nitrogen and oxygen atoms in total. The Labute approximate surface area is 81.3 Å². The van der Waals surface area contributed by atoms with Gasteiger partial charge in [0, 0.05) is 20.0 Å². The molecule has 0 radical (unpaired) electrons. The van der Waals surface area contributed by atoms with Crippen LogP contribution in [-0.2, 0) is 13.5 Å². The smallest absolute Gasteiger partial charge is 0.253 e. The van der Waals surface area contributed by atoms with Gasteiger partial charge in [0.25, 0.3) is 6.43 Å². The number of nitrogens with one attached hydrogen (secondary N) is 1. The fourth-order valence-electron chi connectivity index (χ4n) is 1.03. The van der Waals surface area contributed by atoms with Crippen molar-refractivity contribution in [1.82, 2.24) is 20.1 Å². The molecule has 1 N–H and O–H groups in total. The van der Waals surface area contributed by atoms with Crippen molar-refractivity contribution in [2.45, 2.75) is 25.8 Å². The van der Waals surface area contributed by atoms with Crippen molar-refractivity contribution in [1.29, 1.82) is 0 Å². The molecule has 0 saturated heterocycles. The van der Waals surface area contributed by atoms with Gasteiger partial charge in [0.2, 0.25) is 0 Å². The van der Waals surface area contributed by atoms with Crippen LogP contribution in [0.5, 0.6) is 0 Å². The van der Waals surface area contributed by atoms with Crippen molar-refractivity contribution in [3.05, 3.63) is 12.2 Å². The van der Waals surface area contributed by atoms with Crippen molar-refractivity contribution in [2.75, 3.05) is 6.54 Å². The highest BCUT2D eigenvalue weighted by Gasteiger charge is 2.13. The van der Waals surface area contributed by atoms with E-state index in [0.717, 1.165) is 5.82 Å². The zero-order valence-corrected chi connectivity index (χ0v) is 8.24. The summed E-state index contributed by atoms with van der Waals surface area (Å²) in [6.07, 6.45) is -0.131. The predicted molar refractivity (Wildman–Crippen MR) is 48.2 cm³/mol. The van der Waals surface area contributed by atoms with Crippen LogP contribution in [0.15, 0.2) is 6.33 Å². The standard InChI is InChI=1S/C8H14F2N4/c1-6(8(9)10)11-4-3-7-13-12-5-14(7)2/h5-6,8,11H,3-4H2,1-2H3. The summed E-state index contributed by atoms with van der Waals surface area (Å²) < 4.78 is 25.9. The van der Waals surface area contributed by atoms with Gasteiger partial charge < -0.3 is 9.88 Å². The van der Waals surface area contributed by atoms with E-state index in [4.69, 9.17) is 0 Å². The molecule has 0 saturated carbocycles.